The summed E-state index contributed by atoms with van der Waals surface area (Å²) >= 11 is 0. The molecule has 1 saturated heterocycles. The Morgan fingerprint density at radius 3 is 2.57 bits per heavy atom. The van der Waals surface area contributed by atoms with E-state index in [2.05, 4.69) is 20.8 Å². The number of ether oxygens (including phenoxy) is 1. The van der Waals surface area contributed by atoms with Gasteiger partial charge in [-0.15, -0.1) is 0 Å². The fourth-order valence-corrected chi connectivity index (χ4v) is 2.91. The van der Waals surface area contributed by atoms with Gasteiger partial charge in [0, 0.05) is 19.0 Å². The molecule has 1 heterocycles. The van der Waals surface area contributed by atoms with E-state index in [0.29, 0.717) is 26.0 Å². The Balaban J connectivity index is 2.62. The van der Waals surface area contributed by atoms with Crippen molar-refractivity contribution in [3.05, 3.63) is 0 Å². The summed E-state index contributed by atoms with van der Waals surface area (Å²) in [5.41, 5.74) is 6.18. The van der Waals surface area contributed by atoms with Crippen LogP contribution in [0.3, 0.4) is 0 Å². The highest BCUT2D eigenvalue weighted by Crippen LogP contribution is 2.23. The quantitative estimate of drug-likeness (QED) is 0.789. The number of rotatable bonds is 5. The molecule has 0 saturated carbocycles. The normalized spacial score (nSPS) is 21.0. The average Bonchev–Trinajstić information content (AvgIpc) is 2.36. The van der Waals surface area contributed by atoms with Gasteiger partial charge in [0.2, 0.25) is 5.91 Å². The Morgan fingerprint density at radius 1 is 1.33 bits per heavy atom. The highest BCUT2D eigenvalue weighted by atomic mass is 16.5. The summed E-state index contributed by atoms with van der Waals surface area (Å²) in [6.45, 7) is 9.09. The highest BCUT2D eigenvalue weighted by molar-refractivity contribution is 5.85. The zero-order chi connectivity index (χ0) is 16.0. The number of esters is 1. The molecule has 2 unspecified atom stereocenters. The van der Waals surface area contributed by atoms with E-state index < -0.39 is 6.04 Å². The number of carbonyl (C=O) groups excluding carboxylic acids is 2. The van der Waals surface area contributed by atoms with Crippen LogP contribution in [0, 0.1) is 5.41 Å². The van der Waals surface area contributed by atoms with Gasteiger partial charge in [-0.2, -0.15) is 0 Å². The second kappa shape index (κ2) is 7.78. The second-order valence-electron chi connectivity index (χ2n) is 7.08. The van der Waals surface area contributed by atoms with Crippen LogP contribution in [0.15, 0.2) is 0 Å². The Morgan fingerprint density at radius 2 is 2.00 bits per heavy atom. The van der Waals surface area contributed by atoms with Gasteiger partial charge in [0.25, 0.3) is 0 Å². The smallest absolute Gasteiger partial charge is 0.328 e. The van der Waals surface area contributed by atoms with Crippen LogP contribution in [-0.2, 0) is 14.3 Å². The largest absolute Gasteiger partial charge is 0.464 e. The molecule has 0 radical (unpaired) electrons. The molecule has 1 fully saturated rings. The number of nitrogens with two attached hydrogens (primary N) is 1. The lowest BCUT2D eigenvalue weighted by atomic mass is 9.87. The number of carbonyl (C=O) groups is 2. The summed E-state index contributed by atoms with van der Waals surface area (Å²) in [6.07, 6.45) is 3.68. The monoisotopic (exact) mass is 298 g/mol. The predicted octanol–water partition coefficient (Wildman–Crippen LogP) is 2.08. The molecule has 1 aliphatic heterocycles. The first-order chi connectivity index (χ1) is 9.74. The van der Waals surface area contributed by atoms with E-state index in [1.54, 1.807) is 11.8 Å². The second-order valence-corrected chi connectivity index (χ2v) is 7.08. The molecule has 1 aliphatic rings. The third-order valence-corrected chi connectivity index (χ3v) is 3.69. The van der Waals surface area contributed by atoms with Crippen molar-refractivity contribution < 1.29 is 14.3 Å². The van der Waals surface area contributed by atoms with Gasteiger partial charge in [0.1, 0.15) is 6.04 Å². The minimum atomic E-state index is -0.423. The molecule has 1 amide bonds. The summed E-state index contributed by atoms with van der Waals surface area (Å²) in [6, 6.07) is -0.588. The highest BCUT2D eigenvalue weighted by Gasteiger charge is 2.33. The maximum atomic E-state index is 12.5. The third-order valence-electron chi connectivity index (χ3n) is 3.69. The molecule has 122 valence electrons. The molecule has 5 nitrogen and oxygen atoms in total. The first-order valence-electron chi connectivity index (χ1n) is 7.96. The van der Waals surface area contributed by atoms with Crippen molar-refractivity contribution in [2.45, 2.75) is 71.9 Å². The SMILES string of the molecule is CCOC(=O)C1CCCCN1C(=O)CC(N)CC(C)(C)C. The topological polar surface area (TPSA) is 72.6 Å². The molecule has 21 heavy (non-hydrogen) atoms. The van der Waals surface area contributed by atoms with Crippen LogP contribution in [0.5, 0.6) is 0 Å². The first kappa shape index (κ1) is 18.0. The van der Waals surface area contributed by atoms with E-state index >= 15 is 0 Å². The van der Waals surface area contributed by atoms with E-state index in [0.717, 1.165) is 19.3 Å². The minimum absolute atomic E-state index is 0.0236. The van der Waals surface area contributed by atoms with Crippen molar-refractivity contribution in [2.75, 3.05) is 13.2 Å². The average molecular weight is 298 g/mol. The van der Waals surface area contributed by atoms with Gasteiger partial charge in [-0.1, -0.05) is 20.8 Å². The van der Waals surface area contributed by atoms with Crippen LogP contribution < -0.4 is 5.73 Å². The predicted molar refractivity (Wildman–Crippen MR) is 82.6 cm³/mol. The van der Waals surface area contributed by atoms with Crippen LogP contribution in [0.4, 0.5) is 0 Å². The molecular weight excluding hydrogens is 268 g/mol. The maximum absolute atomic E-state index is 12.5. The molecule has 0 aromatic rings. The molecule has 0 bridgehead atoms. The Kier molecular flexibility index (Phi) is 6.65. The molecule has 0 aromatic carbocycles. The summed E-state index contributed by atoms with van der Waals surface area (Å²) in [5, 5.41) is 0. The molecule has 5 heteroatoms. The number of piperidine rings is 1. The van der Waals surface area contributed by atoms with Crippen molar-refractivity contribution >= 4 is 11.9 Å². The van der Waals surface area contributed by atoms with Gasteiger partial charge < -0.3 is 15.4 Å². The lowest BCUT2D eigenvalue weighted by Gasteiger charge is -2.35. The molecule has 2 N–H and O–H groups in total. The zero-order valence-electron chi connectivity index (χ0n) is 13.9. The van der Waals surface area contributed by atoms with Crippen LogP contribution in [0.2, 0.25) is 0 Å². The molecule has 2 atom stereocenters. The standard InChI is InChI=1S/C16H30N2O3/c1-5-21-15(20)13-8-6-7-9-18(13)14(19)10-12(17)11-16(2,3)4/h12-13H,5-11,17H2,1-4H3. The fourth-order valence-electron chi connectivity index (χ4n) is 2.91. The van der Waals surface area contributed by atoms with E-state index in [1.807, 2.05) is 0 Å². The van der Waals surface area contributed by atoms with Gasteiger partial charge in [0.05, 0.1) is 6.61 Å². The van der Waals surface area contributed by atoms with Gasteiger partial charge in [0.15, 0.2) is 0 Å². The Hall–Kier alpha value is -1.10. The van der Waals surface area contributed by atoms with Crippen LogP contribution in [-0.4, -0.2) is 42.0 Å². The van der Waals surface area contributed by atoms with Gasteiger partial charge in [-0.05, 0) is 38.0 Å². The van der Waals surface area contributed by atoms with E-state index in [9.17, 15) is 9.59 Å². The van der Waals surface area contributed by atoms with Crippen molar-refractivity contribution in [2.24, 2.45) is 11.1 Å². The summed E-state index contributed by atoms with van der Waals surface area (Å²) in [7, 11) is 0. The van der Waals surface area contributed by atoms with Crippen molar-refractivity contribution in [3.8, 4) is 0 Å². The lowest BCUT2D eigenvalue weighted by Crippen LogP contribution is -2.50. The van der Waals surface area contributed by atoms with E-state index in [-0.39, 0.29) is 23.3 Å². The number of nitrogens with zero attached hydrogens (tertiary/aromatic N) is 1. The Labute approximate surface area is 128 Å². The van der Waals surface area contributed by atoms with Crippen molar-refractivity contribution in [1.82, 2.24) is 4.90 Å². The fraction of sp³-hybridized carbons (Fsp3) is 0.875. The summed E-state index contributed by atoms with van der Waals surface area (Å²) in [4.78, 5) is 26.1. The minimum Gasteiger partial charge on any atom is -0.464 e. The molecule has 0 spiro atoms. The number of hydrogen-bond donors (Lipinski definition) is 1. The maximum Gasteiger partial charge on any atom is 0.328 e. The zero-order valence-corrected chi connectivity index (χ0v) is 13.9. The van der Waals surface area contributed by atoms with Gasteiger partial charge >= 0.3 is 5.97 Å². The van der Waals surface area contributed by atoms with Crippen molar-refractivity contribution in [1.29, 1.82) is 0 Å². The van der Waals surface area contributed by atoms with Gasteiger partial charge in [-0.3, -0.25) is 4.79 Å². The van der Waals surface area contributed by atoms with E-state index in [1.165, 1.54) is 0 Å². The van der Waals surface area contributed by atoms with Crippen LogP contribution in [0.25, 0.3) is 0 Å². The number of likely N-dealkylation sites (tertiary alicyclic amines) is 1. The lowest BCUT2D eigenvalue weighted by molar-refractivity contribution is -0.156. The van der Waals surface area contributed by atoms with Crippen LogP contribution >= 0.6 is 0 Å². The number of amides is 1. The third kappa shape index (κ3) is 6.04. The molecule has 0 aromatic heterocycles. The summed E-state index contributed by atoms with van der Waals surface area (Å²) in [5.74, 6) is -0.306. The van der Waals surface area contributed by atoms with Crippen LogP contribution in [0.1, 0.15) is 59.8 Å². The van der Waals surface area contributed by atoms with Gasteiger partial charge in [-0.25, -0.2) is 4.79 Å². The Bertz CT molecular complexity index is 363. The molecular formula is C16H30N2O3. The van der Waals surface area contributed by atoms with E-state index in [4.69, 9.17) is 10.5 Å². The van der Waals surface area contributed by atoms with Crippen molar-refractivity contribution in [3.63, 3.8) is 0 Å². The molecule has 0 aliphatic carbocycles. The molecule has 1 rings (SSSR count). The number of hydrogen-bond acceptors (Lipinski definition) is 4. The first-order valence-corrected chi connectivity index (χ1v) is 7.96. The summed E-state index contributed by atoms with van der Waals surface area (Å²) < 4.78 is 5.08.